The average molecular weight is 291 g/mol. The zero-order valence-corrected chi connectivity index (χ0v) is 9.78. The fourth-order valence-corrected chi connectivity index (χ4v) is 2.59. The van der Waals surface area contributed by atoms with Crippen molar-refractivity contribution in [2.75, 3.05) is 0 Å². The van der Waals surface area contributed by atoms with Crippen molar-refractivity contribution in [3.63, 3.8) is 0 Å². The quantitative estimate of drug-likeness (QED) is 0.724. The summed E-state index contributed by atoms with van der Waals surface area (Å²) >= 11 is 6.99. The highest BCUT2D eigenvalue weighted by Crippen LogP contribution is 2.28. The highest BCUT2D eigenvalue weighted by atomic mass is 79.9. The Hall–Kier alpha value is 0.110. The number of nitrogens with zero attached hydrogens (tertiary/aromatic N) is 1. The Morgan fingerprint density at radius 1 is 1.42 bits per heavy atom. The standard InChI is InChI=1S/C9H9Br2N/c10-5-6-4-8(11)7-2-1-3-9(7)12-6/h4H,1-3,5H2. The number of fused-ring (bicyclic) bond motifs is 1. The van der Waals surface area contributed by atoms with Crippen LogP contribution in [0.5, 0.6) is 0 Å². The minimum atomic E-state index is 0.846. The minimum absolute atomic E-state index is 0.846. The number of pyridine rings is 1. The zero-order chi connectivity index (χ0) is 8.55. The third kappa shape index (κ3) is 1.44. The molecule has 1 nitrogen and oxygen atoms in total. The Bertz CT molecular complexity index is 310. The maximum Gasteiger partial charge on any atom is 0.0523 e. The first-order chi connectivity index (χ1) is 5.81. The lowest BCUT2D eigenvalue weighted by Gasteiger charge is -2.03. The lowest BCUT2D eigenvalue weighted by atomic mass is 10.2. The van der Waals surface area contributed by atoms with E-state index in [1.807, 2.05) is 0 Å². The minimum Gasteiger partial charge on any atom is -0.257 e. The van der Waals surface area contributed by atoms with E-state index < -0.39 is 0 Å². The Labute approximate surface area is 88.8 Å². The van der Waals surface area contributed by atoms with Gasteiger partial charge in [0.1, 0.15) is 0 Å². The third-order valence-corrected chi connectivity index (χ3v) is 3.47. The van der Waals surface area contributed by atoms with Crippen molar-refractivity contribution in [2.45, 2.75) is 24.6 Å². The number of alkyl halides is 1. The largest absolute Gasteiger partial charge is 0.257 e. The van der Waals surface area contributed by atoms with Gasteiger partial charge in [0.25, 0.3) is 0 Å². The summed E-state index contributed by atoms with van der Waals surface area (Å²) in [6, 6.07) is 2.11. The van der Waals surface area contributed by atoms with Crippen LogP contribution in [0.4, 0.5) is 0 Å². The van der Waals surface area contributed by atoms with Gasteiger partial charge in [0.05, 0.1) is 5.69 Å². The summed E-state index contributed by atoms with van der Waals surface area (Å²) in [6.45, 7) is 0. The molecule has 3 heteroatoms. The zero-order valence-electron chi connectivity index (χ0n) is 6.61. The van der Waals surface area contributed by atoms with Crippen LogP contribution in [0.25, 0.3) is 0 Å². The molecule has 0 spiro atoms. The highest BCUT2D eigenvalue weighted by Gasteiger charge is 2.15. The summed E-state index contributed by atoms with van der Waals surface area (Å²) in [5.74, 6) is 0. The van der Waals surface area contributed by atoms with Gasteiger partial charge >= 0.3 is 0 Å². The predicted molar refractivity (Wildman–Crippen MR) is 56.6 cm³/mol. The van der Waals surface area contributed by atoms with Gasteiger partial charge in [0, 0.05) is 15.5 Å². The molecule has 0 aromatic carbocycles. The van der Waals surface area contributed by atoms with Gasteiger partial charge in [-0.05, 0) is 30.9 Å². The summed E-state index contributed by atoms with van der Waals surface area (Å²) in [5.41, 5.74) is 3.83. The van der Waals surface area contributed by atoms with Crippen LogP contribution in [-0.4, -0.2) is 4.98 Å². The molecule has 0 amide bonds. The molecule has 0 aliphatic heterocycles. The number of halogens is 2. The van der Waals surface area contributed by atoms with Crippen LogP contribution in [0.3, 0.4) is 0 Å². The van der Waals surface area contributed by atoms with Crippen LogP contribution in [0.2, 0.25) is 0 Å². The van der Waals surface area contributed by atoms with Gasteiger partial charge in [0.15, 0.2) is 0 Å². The SMILES string of the molecule is BrCc1cc(Br)c2c(n1)CCC2. The second-order valence-corrected chi connectivity index (χ2v) is 4.42. The monoisotopic (exact) mass is 289 g/mol. The second kappa shape index (κ2) is 3.46. The van der Waals surface area contributed by atoms with Gasteiger partial charge in [0.2, 0.25) is 0 Å². The fourth-order valence-electron chi connectivity index (χ4n) is 1.62. The molecule has 0 unspecified atom stereocenters. The van der Waals surface area contributed by atoms with Crippen LogP contribution in [-0.2, 0) is 18.2 Å². The number of hydrogen-bond acceptors (Lipinski definition) is 1. The van der Waals surface area contributed by atoms with E-state index in [-0.39, 0.29) is 0 Å². The van der Waals surface area contributed by atoms with Crippen molar-refractivity contribution in [3.8, 4) is 0 Å². The number of hydrogen-bond donors (Lipinski definition) is 0. The molecule has 1 aromatic heterocycles. The van der Waals surface area contributed by atoms with Crippen LogP contribution in [0, 0.1) is 0 Å². The molecule has 0 saturated heterocycles. The van der Waals surface area contributed by atoms with Gasteiger partial charge in [-0.2, -0.15) is 0 Å². The van der Waals surface area contributed by atoms with E-state index in [0.29, 0.717) is 0 Å². The van der Waals surface area contributed by atoms with Gasteiger partial charge < -0.3 is 0 Å². The van der Waals surface area contributed by atoms with Crippen LogP contribution in [0.1, 0.15) is 23.4 Å². The average Bonchev–Trinajstić information content (AvgIpc) is 2.52. The lowest BCUT2D eigenvalue weighted by Crippen LogP contribution is -1.94. The van der Waals surface area contributed by atoms with E-state index in [2.05, 4.69) is 42.9 Å². The molecule has 12 heavy (non-hydrogen) atoms. The van der Waals surface area contributed by atoms with E-state index in [1.54, 1.807) is 0 Å². The number of aromatic nitrogens is 1. The number of aryl methyl sites for hydroxylation is 1. The van der Waals surface area contributed by atoms with E-state index in [4.69, 9.17) is 0 Å². The summed E-state index contributed by atoms with van der Waals surface area (Å²) in [5, 5.41) is 0.846. The maximum absolute atomic E-state index is 4.56. The molecule has 0 atom stereocenters. The number of rotatable bonds is 1. The van der Waals surface area contributed by atoms with E-state index in [0.717, 1.165) is 17.4 Å². The first-order valence-corrected chi connectivity index (χ1v) is 5.96. The van der Waals surface area contributed by atoms with Crippen molar-refractivity contribution in [3.05, 3.63) is 27.5 Å². The van der Waals surface area contributed by atoms with Crippen molar-refractivity contribution in [1.29, 1.82) is 0 Å². The van der Waals surface area contributed by atoms with E-state index >= 15 is 0 Å². The Balaban J connectivity index is 2.51. The smallest absolute Gasteiger partial charge is 0.0523 e. The molecule has 1 aliphatic carbocycles. The maximum atomic E-state index is 4.56. The van der Waals surface area contributed by atoms with Gasteiger partial charge in [-0.15, -0.1) is 0 Å². The lowest BCUT2D eigenvalue weighted by molar-refractivity contribution is 0.896. The molecule has 1 heterocycles. The molecule has 1 aliphatic rings. The van der Waals surface area contributed by atoms with Crippen molar-refractivity contribution >= 4 is 31.9 Å². The van der Waals surface area contributed by atoms with E-state index in [1.165, 1.54) is 28.6 Å². The first-order valence-electron chi connectivity index (χ1n) is 4.04. The molecular formula is C9H9Br2N. The summed E-state index contributed by atoms with van der Waals surface area (Å²) in [4.78, 5) is 4.56. The summed E-state index contributed by atoms with van der Waals surface area (Å²) < 4.78 is 1.24. The highest BCUT2D eigenvalue weighted by molar-refractivity contribution is 9.10. The molecule has 0 saturated carbocycles. The molecule has 0 N–H and O–H groups in total. The molecule has 2 rings (SSSR count). The van der Waals surface area contributed by atoms with Crippen LogP contribution < -0.4 is 0 Å². The molecular weight excluding hydrogens is 282 g/mol. The fraction of sp³-hybridized carbons (Fsp3) is 0.444. The topological polar surface area (TPSA) is 12.9 Å². The van der Waals surface area contributed by atoms with Crippen molar-refractivity contribution in [1.82, 2.24) is 4.98 Å². The Morgan fingerprint density at radius 2 is 2.25 bits per heavy atom. The van der Waals surface area contributed by atoms with Gasteiger partial charge in [-0.25, -0.2) is 0 Å². The van der Waals surface area contributed by atoms with Crippen molar-refractivity contribution < 1.29 is 0 Å². The predicted octanol–water partition coefficient (Wildman–Crippen LogP) is 3.23. The summed E-state index contributed by atoms with van der Waals surface area (Å²) in [6.07, 6.45) is 3.59. The first kappa shape index (κ1) is 8.70. The van der Waals surface area contributed by atoms with Crippen molar-refractivity contribution in [2.24, 2.45) is 0 Å². The van der Waals surface area contributed by atoms with Crippen LogP contribution >= 0.6 is 31.9 Å². The third-order valence-electron chi connectivity index (χ3n) is 2.19. The van der Waals surface area contributed by atoms with Gasteiger partial charge in [-0.1, -0.05) is 31.9 Å². The summed E-state index contributed by atoms with van der Waals surface area (Å²) in [7, 11) is 0. The molecule has 1 aromatic rings. The Morgan fingerprint density at radius 3 is 3.00 bits per heavy atom. The second-order valence-electron chi connectivity index (χ2n) is 3.01. The Kier molecular flexibility index (Phi) is 2.51. The molecule has 0 fully saturated rings. The van der Waals surface area contributed by atoms with Crippen LogP contribution in [0.15, 0.2) is 10.5 Å². The van der Waals surface area contributed by atoms with E-state index in [9.17, 15) is 0 Å². The van der Waals surface area contributed by atoms with Gasteiger partial charge in [-0.3, -0.25) is 4.98 Å². The molecule has 0 radical (unpaired) electrons. The molecule has 0 bridgehead atoms. The molecule has 64 valence electrons. The normalized spacial score (nSPS) is 14.8.